The Bertz CT molecular complexity index is 948. The van der Waals surface area contributed by atoms with Gasteiger partial charge < -0.3 is 5.32 Å². The molecule has 144 valence electrons. The van der Waals surface area contributed by atoms with Gasteiger partial charge in [-0.05, 0) is 49.4 Å². The van der Waals surface area contributed by atoms with Gasteiger partial charge in [0.1, 0.15) is 0 Å². The minimum Gasteiger partial charge on any atom is -0.346 e. The fraction of sp³-hybridized carbons (Fsp3) is 0.318. The number of thioether (sulfide) groups is 1. The molecule has 1 aromatic carbocycles. The topological polar surface area (TPSA) is 59.8 Å². The summed E-state index contributed by atoms with van der Waals surface area (Å²) in [6, 6.07) is 14.2. The Labute approximate surface area is 169 Å². The summed E-state index contributed by atoms with van der Waals surface area (Å²) in [4.78, 5) is 17.8. The first-order chi connectivity index (χ1) is 13.8. The molecule has 0 unspecified atom stereocenters. The first-order valence-electron chi connectivity index (χ1n) is 9.66. The van der Waals surface area contributed by atoms with Crippen molar-refractivity contribution in [3.63, 3.8) is 0 Å². The fourth-order valence-electron chi connectivity index (χ4n) is 3.80. The van der Waals surface area contributed by atoms with Gasteiger partial charge in [0.05, 0.1) is 29.5 Å². The van der Waals surface area contributed by atoms with E-state index in [4.69, 9.17) is 5.10 Å². The molecule has 3 aromatic rings. The highest BCUT2D eigenvalue weighted by Crippen LogP contribution is 2.33. The zero-order valence-corrected chi connectivity index (χ0v) is 16.8. The van der Waals surface area contributed by atoms with Gasteiger partial charge in [-0.2, -0.15) is 5.10 Å². The Morgan fingerprint density at radius 3 is 2.68 bits per heavy atom. The summed E-state index contributed by atoms with van der Waals surface area (Å²) in [6.45, 7) is 0.416. The molecule has 1 aliphatic carbocycles. The van der Waals surface area contributed by atoms with Gasteiger partial charge in [-0.1, -0.05) is 25.0 Å². The third-order valence-corrected chi connectivity index (χ3v) is 6.01. The van der Waals surface area contributed by atoms with Crippen molar-refractivity contribution in [2.45, 2.75) is 43.2 Å². The van der Waals surface area contributed by atoms with Gasteiger partial charge in [0, 0.05) is 22.9 Å². The van der Waals surface area contributed by atoms with Crippen molar-refractivity contribution in [1.29, 1.82) is 0 Å². The molecule has 28 heavy (non-hydrogen) atoms. The molecule has 1 N–H and O–H groups in total. The first-order valence-corrected chi connectivity index (χ1v) is 10.9. The summed E-state index contributed by atoms with van der Waals surface area (Å²) in [6.07, 6.45) is 10.4. The summed E-state index contributed by atoms with van der Waals surface area (Å²) in [5, 5.41) is 7.89. The molecule has 0 aliphatic heterocycles. The second-order valence-corrected chi connectivity index (χ2v) is 7.87. The highest BCUT2D eigenvalue weighted by Gasteiger charge is 2.22. The number of carbonyl (C=O) groups excluding carboxylic acids is 1. The number of nitrogens with zero attached hydrogens (tertiary/aromatic N) is 3. The maximum absolute atomic E-state index is 12.6. The quantitative estimate of drug-likeness (QED) is 0.617. The molecular weight excluding hydrogens is 368 g/mol. The maximum atomic E-state index is 12.6. The standard InChI is InChI=1S/C22H24N4OS/c1-28-21-9-5-4-8-19(21)22(27)24-15-17-14-20(16-10-12-23-13-11-16)26(25-17)18-6-2-3-7-18/h4-5,8-14,18H,2-3,6-7,15H2,1H3,(H,24,27). The molecule has 0 atom stereocenters. The molecule has 1 aliphatic rings. The number of benzene rings is 1. The fourth-order valence-corrected chi connectivity index (χ4v) is 4.39. The zero-order valence-electron chi connectivity index (χ0n) is 16.0. The molecule has 1 amide bonds. The van der Waals surface area contributed by atoms with E-state index in [1.165, 1.54) is 12.8 Å². The largest absolute Gasteiger partial charge is 0.346 e. The third kappa shape index (κ3) is 3.97. The molecule has 4 rings (SSSR count). The van der Waals surface area contributed by atoms with Gasteiger partial charge in [-0.25, -0.2) is 0 Å². The van der Waals surface area contributed by atoms with Gasteiger partial charge in [-0.15, -0.1) is 11.8 Å². The summed E-state index contributed by atoms with van der Waals surface area (Å²) in [5.41, 5.74) is 3.80. The van der Waals surface area contributed by atoms with E-state index in [2.05, 4.69) is 21.0 Å². The van der Waals surface area contributed by atoms with Gasteiger partial charge in [0.15, 0.2) is 0 Å². The Morgan fingerprint density at radius 1 is 1.18 bits per heavy atom. The highest BCUT2D eigenvalue weighted by molar-refractivity contribution is 7.98. The summed E-state index contributed by atoms with van der Waals surface area (Å²) >= 11 is 1.58. The van der Waals surface area contributed by atoms with Gasteiger partial charge >= 0.3 is 0 Å². The molecule has 5 nitrogen and oxygen atoms in total. The monoisotopic (exact) mass is 392 g/mol. The van der Waals surface area contributed by atoms with E-state index in [0.29, 0.717) is 18.2 Å². The van der Waals surface area contributed by atoms with Crippen molar-refractivity contribution >= 4 is 17.7 Å². The lowest BCUT2D eigenvalue weighted by Crippen LogP contribution is -2.23. The normalized spacial score (nSPS) is 14.3. The van der Waals surface area contributed by atoms with Crippen LogP contribution in [-0.4, -0.2) is 26.9 Å². The lowest BCUT2D eigenvalue weighted by Gasteiger charge is -2.14. The number of pyridine rings is 1. The maximum Gasteiger partial charge on any atom is 0.252 e. The van der Waals surface area contributed by atoms with Crippen LogP contribution in [-0.2, 0) is 6.54 Å². The average Bonchev–Trinajstić information content (AvgIpc) is 3.42. The molecule has 1 saturated carbocycles. The van der Waals surface area contributed by atoms with Crippen molar-refractivity contribution in [3.8, 4) is 11.3 Å². The minimum absolute atomic E-state index is 0.0640. The van der Waals surface area contributed by atoms with Crippen LogP contribution >= 0.6 is 11.8 Å². The number of aromatic nitrogens is 3. The third-order valence-electron chi connectivity index (χ3n) is 5.21. The van der Waals surface area contributed by atoms with E-state index in [1.807, 2.05) is 55.0 Å². The Kier molecular flexibility index (Phi) is 5.76. The van der Waals surface area contributed by atoms with Gasteiger partial charge in [0.25, 0.3) is 5.91 Å². The number of amides is 1. The van der Waals surface area contributed by atoms with Gasteiger partial charge in [0.2, 0.25) is 0 Å². The number of hydrogen-bond acceptors (Lipinski definition) is 4. The number of hydrogen-bond donors (Lipinski definition) is 1. The number of carbonyl (C=O) groups is 1. The van der Waals surface area contributed by atoms with Crippen molar-refractivity contribution in [3.05, 3.63) is 66.1 Å². The predicted octanol–water partition coefficient (Wildman–Crippen LogP) is 4.71. The lowest BCUT2D eigenvalue weighted by molar-refractivity contribution is 0.0947. The van der Waals surface area contributed by atoms with Crippen LogP contribution in [0.1, 0.15) is 47.8 Å². The smallest absolute Gasteiger partial charge is 0.252 e. The zero-order chi connectivity index (χ0) is 19.3. The summed E-state index contributed by atoms with van der Waals surface area (Å²) in [5.74, 6) is -0.0640. The van der Waals surface area contributed by atoms with Crippen LogP contribution < -0.4 is 5.32 Å². The van der Waals surface area contributed by atoms with Crippen LogP contribution in [0.4, 0.5) is 0 Å². The molecule has 0 bridgehead atoms. The van der Waals surface area contributed by atoms with E-state index in [1.54, 1.807) is 11.8 Å². The molecule has 0 spiro atoms. The van der Waals surface area contributed by atoms with Crippen LogP contribution in [0.25, 0.3) is 11.3 Å². The molecule has 0 radical (unpaired) electrons. The predicted molar refractivity (Wildman–Crippen MR) is 112 cm³/mol. The van der Waals surface area contributed by atoms with E-state index in [9.17, 15) is 4.79 Å². The summed E-state index contributed by atoms with van der Waals surface area (Å²) < 4.78 is 2.15. The SMILES string of the molecule is CSc1ccccc1C(=O)NCc1cc(-c2ccncc2)n(C2CCCC2)n1. The molecular formula is C22H24N4OS. The second-order valence-electron chi connectivity index (χ2n) is 7.02. The van der Waals surface area contributed by atoms with Crippen molar-refractivity contribution in [2.24, 2.45) is 0 Å². The molecule has 6 heteroatoms. The minimum atomic E-state index is -0.0640. The Morgan fingerprint density at radius 2 is 1.93 bits per heavy atom. The van der Waals surface area contributed by atoms with Gasteiger partial charge in [-0.3, -0.25) is 14.5 Å². The highest BCUT2D eigenvalue weighted by atomic mass is 32.2. The van der Waals surface area contributed by atoms with E-state index in [-0.39, 0.29) is 5.91 Å². The van der Waals surface area contributed by atoms with Crippen molar-refractivity contribution in [2.75, 3.05) is 6.26 Å². The summed E-state index contributed by atoms with van der Waals surface area (Å²) in [7, 11) is 0. The number of nitrogens with one attached hydrogen (secondary N) is 1. The van der Waals surface area contributed by atoms with Crippen LogP contribution in [0, 0.1) is 0 Å². The van der Waals surface area contributed by atoms with Crippen LogP contribution in [0.15, 0.2) is 59.8 Å². The van der Waals surface area contributed by atoms with Crippen LogP contribution in [0.3, 0.4) is 0 Å². The molecule has 2 heterocycles. The second kappa shape index (κ2) is 8.61. The molecule has 1 fully saturated rings. The molecule has 0 saturated heterocycles. The van der Waals surface area contributed by atoms with Crippen molar-refractivity contribution < 1.29 is 4.79 Å². The van der Waals surface area contributed by atoms with E-state index >= 15 is 0 Å². The first kappa shape index (κ1) is 18.7. The molecule has 2 aromatic heterocycles. The Balaban J connectivity index is 1.56. The lowest BCUT2D eigenvalue weighted by atomic mass is 10.1. The average molecular weight is 393 g/mol. The number of rotatable bonds is 6. The Hall–Kier alpha value is -2.60. The van der Waals surface area contributed by atoms with E-state index in [0.717, 1.165) is 34.7 Å². The van der Waals surface area contributed by atoms with Crippen molar-refractivity contribution in [1.82, 2.24) is 20.1 Å². The van der Waals surface area contributed by atoms with E-state index < -0.39 is 0 Å². The van der Waals surface area contributed by atoms with Crippen LogP contribution in [0.2, 0.25) is 0 Å². The van der Waals surface area contributed by atoms with Crippen LogP contribution in [0.5, 0.6) is 0 Å².